The molecule has 1 saturated heterocycles. The Hall–Kier alpha value is -3.07. The van der Waals surface area contributed by atoms with E-state index in [1.807, 2.05) is 36.4 Å². The van der Waals surface area contributed by atoms with Gasteiger partial charge in [-0.15, -0.1) is 0 Å². The van der Waals surface area contributed by atoms with Crippen LogP contribution in [0.2, 0.25) is 5.02 Å². The number of amides is 1. The van der Waals surface area contributed by atoms with Crippen molar-refractivity contribution in [3.05, 3.63) is 82.4 Å². The summed E-state index contributed by atoms with van der Waals surface area (Å²) in [4.78, 5) is 25.6. The molecule has 0 saturated carbocycles. The Morgan fingerprint density at radius 1 is 1.05 bits per heavy atom. The quantitative estimate of drug-likeness (QED) is 0.288. The molecule has 2 atom stereocenters. The van der Waals surface area contributed by atoms with Gasteiger partial charge in [0.1, 0.15) is 17.5 Å². The maximum absolute atomic E-state index is 13.4. The number of carboxylic acid groups (broad SMARTS) is 1. The molecule has 9 heteroatoms. The van der Waals surface area contributed by atoms with Crippen molar-refractivity contribution < 1.29 is 28.9 Å². The molecule has 7 nitrogen and oxygen atoms in total. The van der Waals surface area contributed by atoms with Crippen LogP contribution in [0.4, 0.5) is 0 Å². The van der Waals surface area contributed by atoms with Crippen LogP contribution in [0.5, 0.6) is 11.5 Å². The molecule has 1 unspecified atom stereocenters. The first kappa shape index (κ1) is 28.0. The van der Waals surface area contributed by atoms with E-state index >= 15 is 0 Å². The molecule has 38 heavy (non-hydrogen) atoms. The standard InChI is InChI=1S/C29H29BrClNO6/c1-36-24-15-19(17-30)16-25(37-2)26(24)20-6-4-18(5-7-20)14-23(27(33)34)32-28(35)29(12-3-13-38-29)21-8-10-22(31)11-9-21/h4-11,15-16,23H,3,12-14,17H2,1-2H3,(H,32,35)(H,33,34)/t23-,29?/m0/s1. The molecule has 1 heterocycles. The van der Waals surface area contributed by atoms with Gasteiger partial charge < -0.3 is 24.6 Å². The summed E-state index contributed by atoms with van der Waals surface area (Å²) in [6, 6.07) is 17.1. The molecule has 1 aliphatic heterocycles. The highest BCUT2D eigenvalue weighted by molar-refractivity contribution is 9.08. The number of methoxy groups -OCH3 is 2. The summed E-state index contributed by atoms with van der Waals surface area (Å²) in [7, 11) is 3.21. The van der Waals surface area contributed by atoms with Crippen LogP contribution in [0.15, 0.2) is 60.7 Å². The lowest BCUT2D eigenvalue weighted by atomic mass is 9.89. The number of carbonyl (C=O) groups excluding carboxylic acids is 1. The Kier molecular flexibility index (Phi) is 8.97. The first-order chi connectivity index (χ1) is 18.3. The van der Waals surface area contributed by atoms with Gasteiger partial charge in [0.2, 0.25) is 0 Å². The van der Waals surface area contributed by atoms with E-state index in [9.17, 15) is 14.7 Å². The summed E-state index contributed by atoms with van der Waals surface area (Å²) in [5.74, 6) is -0.249. The molecule has 3 aromatic carbocycles. The van der Waals surface area contributed by atoms with E-state index in [-0.39, 0.29) is 6.42 Å². The number of ether oxygens (including phenoxy) is 3. The van der Waals surface area contributed by atoms with Crippen LogP contribution in [0.1, 0.15) is 29.5 Å². The van der Waals surface area contributed by atoms with Gasteiger partial charge in [-0.2, -0.15) is 0 Å². The molecule has 200 valence electrons. The van der Waals surface area contributed by atoms with Crippen molar-refractivity contribution in [3.8, 4) is 22.6 Å². The molecular formula is C29H29BrClNO6. The molecule has 2 N–H and O–H groups in total. The number of carbonyl (C=O) groups is 2. The zero-order valence-electron chi connectivity index (χ0n) is 21.1. The molecule has 1 aliphatic rings. The summed E-state index contributed by atoms with van der Waals surface area (Å²) in [5, 5.41) is 13.8. The van der Waals surface area contributed by atoms with Gasteiger partial charge in [0.25, 0.3) is 5.91 Å². The summed E-state index contributed by atoms with van der Waals surface area (Å²) in [6.07, 6.45) is 1.26. The highest BCUT2D eigenvalue weighted by Gasteiger charge is 2.45. The first-order valence-corrected chi connectivity index (χ1v) is 13.6. The number of halogens is 2. The normalized spacial score (nSPS) is 17.6. The zero-order valence-corrected chi connectivity index (χ0v) is 23.5. The van der Waals surface area contributed by atoms with E-state index in [0.717, 1.165) is 22.3 Å². The molecule has 0 spiro atoms. The van der Waals surface area contributed by atoms with Crippen LogP contribution < -0.4 is 14.8 Å². The van der Waals surface area contributed by atoms with E-state index in [1.165, 1.54) is 0 Å². The molecule has 1 amide bonds. The number of rotatable bonds is 10. The highest BCUT2D eigenvalue weighted by Crippen LogP contribution is 2.40. The van der Waals surface area contributed by atoms with E-state index in [2.05, 4.69) is 21.2 Å². The topological polar surface area (TPSA) is 94.1 Å². The fraction of sp³-hybridized carbons (Fsp3) is 0.310. The van der Waals surface area contributed by atoms with Crippen LogP contribution >= 0.6 is 27.5 Å². The fourth-order valence-corrected chi connectivity index (χ4v) is 5.19. The number of hydrogen-bond donors (Lipinski definition) is 2. The number of benzene rings is 3. The maximum atomic E-state index is 13.4. The molecule has 3 aromatic rings. The molecule has 0 bridgehead atoms. The molecule has 1 fully saturated rings. The Balaban J connectivity index is 1.55. The van der Waals surface area contributed by atoms with Crippen LogP contribution in [-0.4, -0.2) is 43.9 Å². The van der Waals surface area contributed by atoms with Gasteiger partial charge in [0.05, 0.1) is 19.8 Å². The smallest absolute Gasteiger partial charge is 0.326 e. The van der Waals surface area contributed by atoms with Gasteiger partial charge >= 0.3 is 5.97 Å². The first-order valence-electron chi connectivity index (χ1n) is 12.1. The second-order valence-corrected chi connectivity index (χ2v) is 10.1. The third-order valence-electron chi connectivity index (χ3n) is 6.70. The van der Waals surface area contributed by atoms with E-state index in [1.54, 1.807) is 38.5 Å². The molecule has 0 aliphatic carbocycles. The largest absolute Gasteiger partial charge is 0.496 e. The van der Waals surface area contributed by atoms with Crippen LogP contribution in [0, 0.1) is 0 Å². The van der Waals surface area contributed by atoms with Crippen molar-refractivity contribution in [1.82, 2.24) is 5.32 Å². The second-order valence-electron chi connectivity index (χ2n) is 9.06. The molecule has 0 aromatic heterocycles. The van der Waals surface area contributed by atoms with E-state index < -0.39 is 23.5 Å². The number of hydrogen-bond acceptors (Lipinski definition) is 5. The van der Waals surface area contributed by atoms with Crippen molar-refractivity contribution in [1.29, 1.82) is 0 Å². The van der Waals surface area contributed by atoms with Crippen molar-refractivity contribution >= 4 is 39.4 Å². The third kappa shape index (κ3) is 5.82. The Morgan fingerprint density at radius 3 is 2.18 bits per heavy atom. The van der Waals surface area contributed by atoms with Crippen molar-refractivity contribution in [2.75, 3.05) is 20.8 Å². The highest BCUT2D eigenvalue weighted by atomic mass is 79.9. The maximum Gasteiger partial charge on any atom is 0.326 e. The lowest BCUT2D eigenvalue weighted by Crippen LogP contribution is -2.51. The van der Waals surface area contributed by atoms with E-state index in [0.29, 0.717) is 46.9 Å². The summed E-state index contributed by atoms with van der Waals surface area (Å²) >= 11 is 9.49. The fourth-order valence-electron chi connectivity index (χ4n) is 4.74. The lowest BCUT2D eigenvalue weighted by molar-refractivity contribution is -0.149. The number of nitrogens with one attached hydrogen (secondary N) is 1. The Labute approximate surface area is 235 Å². The zero-order chi connectivity index (χ0) is 27.3. The molecule has 4 rings (SSSR count). The third-order valence-corrected chi connectivity index (χ3v) is 7.60. The summed E-state index contributed by atoms with van der Waals surface area (Å²) in [5.41, 5.74) is 2.85. The van der Waals surface area contributed by atoms with E-state index in [4.69, 9.17) is 25.8 Å². The van der Waals surface area contributed by atoms with Crippen LogP contribution in [-0.2, 0) is 31.7 Å². The predicted molar refractivity (Wildman–Crippen MR) is 149 cm³/mol. The predicted octanol–water partition coefficient (Wildman–Crippen LogP) is 5.74. The SMILES string of the molecule is COc1cc(CBr)cc(OC)c1-c1ccc(C[C@H](NC(=O)C2(c3ccc(Cl)cc3)CCCO2)C(=O)O)cc1. The van der Waals surface area contributed by atoms with Gasteiger partial charge in [-0.25, -0.2) is 4.79 Å². The minimum Gasteiger partial charge on any atom is -0.496 e. The lowest BCUT2D eigenvalue weighted by Gasteiger charge is -2.29. The monoisotopic (exact) mass is 601 g/mol. The molecule has 0 radical (unpaired) electrons. The van der Waals surface area contributed by atoms with Crippen molar-refractivity contribution in [3.63, 3.8) is 0 Å². The van der Waals surface area contributed by atoms with Crippen molar-refractivity contribution in [2.45, 2.75) is 36.2 Å². The number of alkyl halides is 1. The van der Waals surface area contributed by atoms with Crippen LogP contribution in [0.3, 0.4) is 0 Å². The van der Waals surface area contributed by atoms with Gasteiger partial charge in [-0.3, -0.25) is 4.79 Å². The molecular weight excluding hydrogens is 574 g/mol. The van der Waals surface area contributed by atoms with Gasteiger partial charge in [0, 0.05) is 23.4 Å². The van der Waals surface area contributed by atoms with Crippen molar-refractivity contribution in [2.24, 2.45) is 0 Å². The second kappa shape index (κ2) is 12.2. The average Bonchev–Trinajstić information content (AvgIpc) is 3.44. The number of carboxylic acids is 1. The number of aliphatic carboxylic acids is 1. The van der Waals surface area contributed by atoms with Gasteiger partial charge in [0.15, 0.2) is 5.60 Å². The summed E-state index contributed by atoms with van der Waals surface area (Å²) < 4.78 is 17.1. The summed E-state index contributed by atoms with van der Waals surface area (Å²) in [6.45, 7) is 0.415. The van der Waals surface area contributed by atoms with Crippen LogP contribution in [0.25, 0.3) is 11.1 Å². The Morgan fingerprint density at radius 2 is 1.68 bits per heavy atom. The minimum atomic E-state index is -1.24. The minimum absolute atomic E-state index is 0.106. The van der Waals surface area contributed by atoms with Gasteiger partial charge in [-0.1, -0.05) is 63.9 Å². The Bertz CT molecular complexity index is 1260. The van der Waals surface area contributed by atoms with Gasteiger partial charge in [-0.05, 0) is 59.4 Å². The average molecular weight is 603 g/mol.